The molecule has 2 rings (SSSR count). The number of rotatable bonds is 6. The average molecular weight is 326 g/mol. The van der Waals surface area contributed by atoms with E-state index in [-0.39, 0.29) is 6.54 Å². The van der Waals surface area contributed by atoms with Crippen LogP contribution in [0.25, 0.3) is 0 Å². The Balaban J connectivity index is 1.97. The molecule has 0 aliphatic rings. The van der Waals surface area contributed by atoms with Crippen LogP contribution >= 0.6 is 11.3 Å². The van der Waals surface area contributed by atoms with Crippen LogP contribution in [0.2, 0.25) is 0 Å². The van der Waals surface area contributed by atoms with E-state index < -0.39 is 23.2 Å². The van der Waals surface area contributed by atoms with Crippen LogP contribution in [0.5, 0.6) is 0 Å². The Hall–Kier alpha value is -2.06. The number of nitrogens with one attached hydrogen (secondary N) is 1. The van der Waals surface area contributed by atoms with E-state index in [9.17, 15) is 13.6 Å². The number of carbonyl (C=O) groups is 1. The standard InChI is InChI=1S/C14H16F2N4OS/c1-2-20(7-9-6-18-14(17)22-9)8-12(21)19-13-10(15)4-3-5-11(13)16/h3-6H,2,7-8H2,1H3,(H2,17,18)(H,19,21). The van der Waals surface area contributed by atoms with Gasteiger partial charge in [-0.1, -0.05) is 13.0 Å². The predicted octanol–water partition coefficient (Wildman–Crippen LogP) is 2.46. The van der Waals surface area contributed by atoms with Gasteiger partial charge in [-0.25, -0.2) is 13.8 Å². The first-order chi connectivity index (χ1) is 10.5. The number of nitrogen functional groups attached to an aromatic ring is 1. The quantitative estimate of drug-likeness (QED) is 0.855. The third kappa shape index (κ3) is 4.22. The minimum Gasteiger partial charge on any atom is -0.375 e. The largest absolute Gasteiger partial charge is 0.375 e. The summed E-state index contributed by atoms with van der Waals surface area (Å²) >= 11 is 1.34. The van der Waals surface area contributed by atoms with Gasteiger partial charge in [0, 0.05) is 17.6 Å². The topological polar surface area (TPSA) is 71.2 Å². The van der Waals surface area contributed by atoms with Crippen LogP contribution in [0.3, 0.4) is 0 Å². The first kappa shape index (κ1) is 16.3. The Morgan fingerprint density at radius 2 is 2.09 bits per heavy atom. The van der Waals surface area contributed by atoms with Crippen molar-refractivity contribution < 1.29 is 13.6 Å². The van der Waals surface area contributed by atoms with E-state index >= 15 is 0 Å². The van der Waals surface area contributed by atoms with Crippen molar-refractivity contribution in [3.05, 3.63) is 40.9 Å². The van der Waals surface area contributed by atoms with Crippen molar-refractivity contribution in [3.8, 4) is 0 Å². The minimum absolute atomic E-state index is 0.0160. The summed E-state index contributed by atoms with van der Waals surface area (Å²) < 4.78 is 27.0. The lowest BCUT2D eigenvalue weighted by Crippen LogP contribution is -2.33. The summed E-state index contributed by atoms with van der Waals surface area (Å²) in [6.45, 7) is 3.01. The van der Waals surface area contributed by atoms with Gasteiger partial charge in [0.1, 0.15) is 17.3 Å². The van der Waals surface area contributed by atoms with E-state index in [4.69, 9.17) is 5.73 Å². The number of benzene rings is 1. The number of amides is 1. The van der Waals surface area contributed by atoms with Gasteiger partial charge in [-0.3, -0.25) is 9.69 Å². The second-order valence-corrected chi connectivity index (χ2v) is 5.76. The van der Waals surface area contributed by atoms with Crippen LogP contribution in [-0.4, -0.2) is 28.9 Å². The van der Waals surface area contributed by atoms with Crippen LogP contribution in [0.1, 0.15) is 11.8 Å². The first-order valence-corrected chi connectivity index (χ1v) is 7.47. The van der Waals surface area contributed by atoms with Gasteiger partial charge in [0.15, 0.2) is 5.13 Å². The highest BCUT2D eigenvalue weighted by molar-refractivity contribution is 7.15. The molecule has 2 aromatic rings. The van der Waals surface area contributed by atoms with Crippen molar-refractivity contribution in [1.29, 1.82) is 0 Å². The van der Waals surface area contributed by atoms with E-state index in [0.29, 0.717) is 18.2 Å². The van der Waals surface area contributed by atoms with Gasteiger partial charge >= 0.3 is 0 Å². The number of hydrogen-bond donors (Lipinski definition) is 2. The second-order valence-electron chi connectivity index (χ2n) is 4.61. The predicted molar refractivity (Wildman–Crippen MR) is 82.5 cm³/mol. The summed E-state index contributed by atoms with van der Waals surface area (Å²) in [5.74, 6) is -2.08. The molecule has 0 saturated heterocycles. The molecule has 5 nitrogen and oxygen atoms in total. The third-order valence-corrected chi connectivity index (χ3v) is 3.80. The van der Waals surface area contributed by atoms with Gasteiger partial charge in [-0.2, -0.15) is 0 Å². The minimum atomic E-state index is -0.799. The van der Waals surface area contributed by atoms with Gasteiger partial charge in [0.2, 0.25) is 5.91 Å². The Labute approximate surface area is 130 Å². The summed E-state index contributed by atoms with van der Waals surface area (Å²) in [5, 5.41) is 2.73. The summed E-state index contributed by atoms with van der Waals surface area (Å²) in [7, 11) is 0. The number of thiazole rings is 1. The lowest BCUT2D eigenvalue weighted by atomic mass is 10.3. The van der Waals surface area contributed by atoms with E-state index in [1.807, 2.05) is 11.8 Å². The Kier molecular flexibility index (Phi) is 5.40. The Morgan fingerprint density at radius 1 is 1.41 bits per heavy atom. The van der Waals surface area contributed by atoms with Crippen molar-refractivity contribution >= 4 is 28.1 Å². The number of halogens is 2. The SMILES string of the molecule is CCN(CC(=O)Nc1c(F)cccc1F)Cc1cnc(N)s1. The number of para-hydroxylation sites is 1. The van der Waals surface area contributed by atoms with Crippen LogP contribution < -0.4 is 11.1 Å². The molecule has 22 heavy (non-hydrogen) atoms. The van der Waals surface area contributed by atoms with E-state index in [0.717, 1.165) is 17.0 Å². The molecule has 1 heterocycles. The number of nitrogens with two attached hydrogens (primary N) is 1. The fourth-order valence-corrected chi connectivity index (χ4v) is 2.62. The molecule has 1 amide bonds. The monoisotopic (exact) mass is 326 g/mol. The van der Waals surface area contributed by atoms with Crippen LogP contribution in [0.4, 0.5) is 19.6 Å². The zero-order valence-electron chi connectivity index (χ0n) is 12.0. The fraction of sp³-hybridized carbons (Fsp3) is 0.286. The van der Waals surface area contributed by atoms with E-state index in [1.54, 1.807) is 6.20 Å². The number of likely N-dealkylation sites (N-methyl/N-ethyl adjacent to an activating group) is 1. The summed E-state index contributed by atoms with van der Waals surface area (Å²) in [4.78, 5) is 18.6. The molecule has 0 fully saturated rings. The van der Waals surface area contributed by atoms with Crippen molar-refractivity contribution in [2.45, 2.75) is 13.5 Å². The molecule has 0 unspecified atom stereocenters. The second kappa shape index (κ2) is 7.28. The zero-order valence-corrected chi connectivity index (χ0v) is 12.8. The smallest absolute Gasteiger partial charge is 0.238 e. The van der Waals surface area contributed by atoms with Gasteiger partial charge in [0.25, 0.3) is 0 Å². The first-order valence-electron chi connectivity index (χ1n) is 6.66. The van der Waals surface area contributed by atoms with Gasteiger partial charge in [-0.05, 0) is 18.7 Å². The fourth-order valence-electron chi connectivity index (χ4n) is 1.89. The Morgan fingerprint density at radius 3 is 2.64 bits per heavy atom. The van der Waals surface area contributed by atoms with Crippen molar-refractivity contribution in [2.75, 3.05) is 24.1 Å². The highest BCUT2D eigenvalue weighted by Gasteiger charge is 2.15. The van der Waals surface area contributed by atoms with Crippen LogP contribution in [0.15, 0.2) is 24.4 Å². The van der Waals surface area contributed by atoms with Crippen molar-refractivity contribution in [3.63, 3.8) is 0 Å². The molecule has 0 atom stereocenters. The molecule has 1 aromatic heterocycles. The molecule has 0 aliphatic carbocycles. The molecular formula is C14H16F2N4OS. The van der Waals surface area contributed by atoms with E-state index in [2.05, 4.69) is 10.3 Å². The lowest BCUT2D eigenvalue weighted by Gasteiger charge is -2.19. The molecule has 1 aromatic carbocycles. The van der Waals surface area contributed by atoms with Crippen LogP contribution in [0, 0.1) is 11.6 Å². The molecule has 3 N–H and O–H groups in total. The number of carbonyl (C=O) groups excluding carboxylic acids is 1. The van der Waals surface area contributed by atoms with Crippen molar-refractivity contribution in [2.24, 2.45) is 0 Å². The molecule has 0 radical (unpaired) electrons. The van der Waals surface area contributed by atoms with E-state index in [1.165, 1.54) is 17.4 Å². The molecule has 0 aliphatic heterocycles. The normalized spacial score (nSPS) is 10.9. The van der Waals surface area contributed by atoms with Gasteiger partial charge in [-0.15, -0.1) is 11.3 Å². The maximum Gasteiger partial charge on any atom is 0.238 e. The molecule has 0 spiro atoms. The molecular weight excluding hydrogens is 310 g/mol. The Bertz CT molecular complexity index is 642. The number of hydrogen-bond acceptors (Lipinski definition) is 5. The molecule has 0 bridgehead atoms. The number of nitrogens with zero attached hydrogens (tertiary/aromatic N) is 2. The molecule has 8 heteroatoms. The maximum absolute atomic E-state index is 13.5. The average Bonchev–Trinajstić information content (AvgIpc) is 2.87. The zero-order chi connectivity index (χ0) is 16.1. The maximum atomic E-state index is 13.5. The lowest BCUT2D eigenvalue weighted by molar-refractivity contribution is -0.117. The van der Waals surface area contributed by atoms with Gasteiger partial charge < -0.3 is 11.1 Å². The summed E-state index contributed by atoms with van der Waals surface area (Å²) in [6, 6.07) is 3.43. The third-order valence-electron chi connectivity index (χ3n) is 2.99. The summed E-state index contributed by atoms with van der Waals surface area (Å²) in [6.07, 6.45) is 1.65. The molecule has 0 saturated carbocycles. The highest BCUT2D eigenvalue weighted by Crippen LogP contribution is 2.19. The van der Waals surface area contributed by atoms with Crippen molar-refractivity contribution in [1.82, 2.24) is 9.88 Å². The highest BCUT2D eigenvalue weighted by atomic mass is 32.1. The van der Waals surface area contributed by atoms with Crippen LogP contribution in [-0.2, 0) is 11.3 Å². The van der Waals surface area contributed by atoms with Gasteiger partial charge in [0.05, 0.1) is 6.54 Å². The number of anilines is 2. The molecule has 118 valence electrons. The number of aromatic nitrogens is 1. The summed E-state index contributed by atoms with van der Waals surface area (Å²) in [5.41, 5.74) is 5.13.